The van der Waals surface area contributed by atoms with Crippen molar-refractivity contribution in [1.82, 2.24) is 4.90 Å². The molecule has 1 fully saturated rings. The van der Waals surface area contributed by atoms with Gasteiger partial charge in [0, 0.05) is 11.7 Å². The Balaban J connectivity index is 2.42. The maximum absolute atomic E-state index is 12.3. The highest BCUT2D eigenvalue weighted by molar-refractivity contribution is 6.14. The Morgan fingerprint density at radius 3 is 2.45 bits per heavy atom. The Hall–Kier alpha value is -2.37. The fourth-order valence-corrected chi connectivity index (χ4v) is 2.29. The van der Waals surface area contributed by atoms with Crippen molar-refractivity contribution in [1.29, 1.82) is 0 Å². The molecule has 1 aromatic rings. The number of rotatable bonds is 3. The molecule has 20 heavy (non-hydrogen) atoms. The number of hydrogen-bond donors (Lipinski definition) is 1. The van der Waals surface area contributed by atoms with Crippen LogP contribution in [0, 0.1) is 0 Å². The Kier molecular flexibility index (Phi) is 3.48. The number of amides is 3. The maximum atomic E-state index is 12.3. The van der Waals surface area contributed by atoms with Gasteiger partial charge >= 0.3 is 12.0 Å². The molecule has 0 saturated carbocycles. The molecule has 1 saturated heterocycles. The number of anilines is 1. The molecule has 0 spiro atoms. The predicted octanol–water partition coefficient (Wildman–Crippen LogP) is 1.95. The van der Waals surface area contributed by atoms with E-state index in [-0.39, 0.29) is 17.5 Å². The van der Waals surface area contributed by atoms with E-state index in [9.17, 15) is 14.4 Å². The summed E-state index contributed by atoms with van der Waals surface area (Å²) in [6.07, 6.45) is 0. The number of carbonyl (C=O) groups is 3. The summed E-state index contributed by atoms with van der Waals surface area (Å²) in [6.45, 7) is 5.16. The lowest BCUT2D eigenvalue weighted by molar-refractivity contribution is -0.128. The van der Waals surface area contributed by atoms with Crippen LogP contribution in [0.3, 0.4) is 0 Å². The van der Waals surface area contributed by atoms with Gasteiger partial charge in [0.1, 0.15) is 6.04 Å². The Bertz CT molecular complexity index is 582. The quantitative estimate of drug-likeness (QED) is 0.856. The molecule has 0 radical (unpaired) electrons. The van der Waals surface area contributed by atoms with Crippen LogP contribution in [0.15, 0.2) is 24.3 Å². The Morgan fingerprint density at radius 1 is 1.30 bits per heavy atom. The second-order valence-corrected chi connectivity index (χ2v) is 4.99. The van der Waals surface area contributed by atoms with Gasteiger partial charge in [0.15, 0.2) is 0 Å². The van der Waals surface area contributed by atoms with Crippen LogP contribution >= 0.6 is 0 Å². The fraction of sp³-hybridized carbons (Fsp3) is 0.357. The summed E-state index contributed by atoms with van der Waals surface area (Å²) in [6, 6.07) is 4.74. The van der Waals surface area contributed by atoms with E-state index in [0.717, 1.165) is 0 Å². The van der Waals surface area contributed by atoms with Crippen molar-refractivity contribution in [2.45, 2.75) is 32.9 Å². The molecule has 1 N–H and O–H groups in total. The molecule has 0 aromatic heterocycles. The van der Waals surface area contributed by atoms with Gasteiger partial charge in [-0.05, 0) is 39.0 Å². The van der Waals surface area contributed by atoms with Crippen LogP contribution in [-0.4, -0.2) is 40.0 Å². The van der Waals surface area contributed by atoms with Gasteiger partial charge in [0.05, 0.1) is 5.56 Å². The first-order valence-corrected chi connectivity index (χ1v) is 6.34. The lowest BCUT2D eigenvalue weighted by Gasteiger charge is -2.21. The maximum Gasteiger partial charge on any atom is 0.335 e. The number of carboxylic acids is 1. The van der Waals surface area contributed by atoms with Gasteiger partial charge in [-0.3, -0.25) is 14.6 Å². The van der Waals surface area contributed by atoms with E-state index >= 15 is 0 Å². The van der Waals surface area contributed by atoms with Crippen LogP contribution in [0.1, 0.15) is 31.1 Å². The molecule has 0 aliphatic carbocycles. The zero-order valence-electron chi connectivity index (χ0n) is 11.5. The molecule has 1 unspecified atom stereocenters. The highest BCUT2D eigenvalue weighted by atomic mass is 16.4. The summed E-state index contributed by atoms with van der Waals surface area (Å²) in [5.41, 5.74) is 0.497. The highest BCUT2D eigenvalue weighted by Crippen LogP contribution is 2.27. The molecule has 6 heteroatoms. The van der Waals surface area contributed by atoms with E-state index in [0.29, 0.717) is 5.69 Å². The normalized spacial score (nSPS) is 19.1. The first-order valence-electron chi connectivity index (χ1n) is 6.34. The van der Waals surface area contributed by atoms with Gasteiger partial charge in [-0.2, -0.15) is 0 Å². The molecule has 6 nitrogen and oxygen atoms in total. The van der Waals surface area contributed by atoms with Gasteiger partial charge in [-0.15, -0.1) is 0 Å². The van der Waals surface area contributed by atoms with Crippen molar-refractivity contribution in [3.05, 3.63) is 29.8 Å². The third-order valence-corrected chi connectivity index (χ3v) is 3.28. The summed E-state index contributed by atoms with van der Waals surface area (Å²) in [5, 5.41) is 9.00. The van der Waals surface area contributed by atoms with Gasteiger partial charge < -0.3 is 5.11 Å². The molecule has 1 aromatic carbocycles. The number of imide groups is 1. The Morgan fingerprint density at radius 2 is 1.95 bits per heavy atom. The van der Waals surface area contributed by atoms with Crippen LogP contribution in [0.2, 0.25) is 0 Å². The number of hydrogen-bond acceptors (Lipinski definition) is 3. The van der Waals surface area contributed by atoms with E-state index in [4.69, 9.17) is 5.11 Å². The fourth-order valence-electron chi connectivity index (χ4n) is 2.29. The summed E-state index contributed by atoms with van der Waals surface area (Å²) in [7, 11) is 0. The second kappa shape index (κ2) is 4.96. The van der Waals surface area contributed by atoms with Crippen molar-refractivity contribution in [2.24, 2.45) is 0 Å². The molecule has 1 heterocycles. The lowest BCUT2D eigenvalue weighted by atomic mass is 10.1. The molecule has 3 amide bonds. The monoisotopic (exact) mass is 276 g/mol. The summed E-state index contributed by atoms with van der Waals surface area (Å²) >= 11 is 0. The topological polar surface area (TPSA) is 77.9 Å². The van der Waals surface area contributed by atoms with Crippen molar-refractivity contribution in [3.8, 4) is 0 Å². The van der Waals surface area contributed by atoms with Gasteiger partial charge in [0.25, 0.3) is 5.91 Å². The molecule has 1 atom stereocenters. The zero-order chi connectivity index (χ0) is 15.0. The van der Waals surface area contributed by atoms with Crippen molar-refractivity contribution in [2.75, 3.05) is 4.90 Å². The average molecular weight is 276 g/mol. The molecule has 0 bridgehead atoms. The van der Waals surface area contributed by atoms with Crippen LogP contribution < -0.4 is 4.90 Å². The predicted molar refractivity (Wildman–Crippen MR) is 72.7 cm³/mol. The molecule has 106 valence electrons. The van der Waals surface area contributed by atoms with Crippen molar-refractivity contribution < 1.29 is 19.5 Å². The number of urea groups is 1. The number of carboxylic acid groups (broad SMARTS) is 1. The van der Waals surface area contributed by atoms with Crippen LogP contribution in [-0.2, 0) is 4.79 Å². The standard InChI is InChI=1S/C14H16N2O4/c1-8(2)15-12(17)9(3)16(14(15)20)11-6-4-5-10(7-11)13(18)19/h4-9H,1-3H3,(H,18,19). The SMILES string of the molecule is CC(C)N1C(=O)C(C)N(c2cccc(C(=O)O)c2)C1=O. The molecular formula is C14H16N2O4. The van der Waals surface area contributed by atoms with Crippen molar-refractivity contribution >= 4 is 23.6 Å². The summed E-state index contributed by atoms with van der Waals surface area (Å²) in [4.78, 5) is 37.9. The first-order chi connectivity index (χ1) is 9.34. The third-order valence-electron chi connectivity index (χ3n) is 3.28. The van der Waals surface area contributed by atoms with E-state index in [2.05, 4.69) is 0 Å². The van der Waals surface area contributed by atoms with E-state index < -0.39 is 18.0 Å². The summed E-state index contributed by atoms with van der Waals surface area (Å²) < 4.78 is 0. The van der Waals surface area contributed by atoms with Crippen LogP contribution in [0.25, 0.3) is 0 Å². The Labute approximate surface area is 116 Å². The van der Waals surface area contributed by atoms with Gasteiger partial charge in [-0.25, -0.2) is 9.59 Å². The summed E-state index contributed by atoms with van der Waals surface area (Å²) in [5.74, 6) is -1.34. The van der Waals surface area contributed by atoms with Crippen molar-refractivity contribution in [3.63, 3.8) is 0 Å². The van der Waals surface area contributed by atoms with Gasteiger partial charge in [0.2, 0.25) is 0 Å². The minimum absolute atomic E-state index is 0.0814. The van der Waals surface area contributed by atoms with Crippen LogP contribution in [0.5, 0.6) is 0 Å². The average Bonchev–Trinajstić information content (AvgIpc) is 2.60. The third kappa shape index (κ3) is 2.13. The van der Waals surface area contributed by atoms with Gasteiger partial charge in [-0.1, -0.05) is 6.07 Å². The molecule has 1 aliphatic rings. The number of aromatic carboxylic acids is 1. The smallest absolute Gasteiger partial charge is 0.335 e. The molecule has 2 rings (SSSR count). The molecular weight excluding hydrogens is 260 g/mol. The van der Waals surface area contributed by atoms with Crippen LogP contribution in [0.4, 0.5) is 10.5 Å². The highest BCUT2D eigenvalue weighted by Gasteiger charge is 2.44. The second-order valence-electron chi connectivity index (χ2n) is 4.99. The van der Waals surface area contributed by atoms with E-state index in [1.165, 1.54) is 21.9 Å². The first kappa shape index (κ1) is 14.0. The number of benzene rings is 1. The van der Waals surface area contributed by atoms with E-state index in [1.807, 2.05) is 0 Å². The minimum Gasteiger partial charge on any atom is -0.478 e. The zero-order valence-corrected chi connectivity index (χ0v) is 11.5. The lowest BCUT2D eigenvalue weighted by Crippen LogP contribution is -2.38. The largest absolute Gasteiger partial charge is 0.478 e. The van der Waals surface area contributed by atoms with E-state index in [1.54, 1.807) is 32.9 Å². The molecule has 1 aliphatic heterocycles. The number of nitrogens with zero attached hydrogens (tertiary/aromatic N) is 2. The number of carbonyl (C=O) groups excluding carboxylic acids is 2. The minimum atomic E-state index is -1.07.